The fourth-order valence-corrected chi connectivity index (χ4v) is 5.14. The Morgan fingerprint density at radius 1 is 1.14 bits per heavy atom. The molecule has 29 heavy (non-hydrogen) atoms. The third kappa shape index (κ3) is 2.84. The van der Waals surface area contributed by atoms with Gasteiger partial charge in [0.25, 0.3) is 0 Å². The largest absolute Gasteiger partial charge is 0.481 e. The smallest absolute Gasteiger partial charge is 0.307 e. The summed E-state index contributed by atoms with van der Waals surface area (Å²) in [6.07, 6.45) is 5.31. The average molecular weight is 388 g/mol. The Labute approximate surface area is 169 Å². The lowest BCUT2D eigenvalue weighted by molar-refractivity contribution is -0.136. The third-order valence-corrected chi connectivity index (χ3v) is 6.71. The van der Waals surface area contributed by atoms with Crippen LogP contribution in [-0.4, -0.2) is 39.4 Å². The molecule has 1 aromatic carbocycles. The Bertz CT molecular complexity index is 1130. The standard InChI is InChI=1S/C24H24N2O3/c1-25(24(29)20-12-15-6-2-3-7-17(15)20)16-9-10-18-19(14-23(27)28)21-8-4-5-11-26(21)22(18)13-16/h2-8,11,16,20H,9-10,12-14H2,1H3,(H,27,28)/t16-,20?/m1/s1. The van der Waals surface area contributed by atoms with E-state index in [4.69, 9.17) is 0 Å². The molecule has 0 saturated heterocycles. The number of pyridine rings is 1. The zero-order valence-corrected chi connectivity index (χ0v) is 16.5. The Kier molecular flexibility index (Phi) is 4.19. The average Bonchev–Trinajstić information content (AvgIpc) is 3.01. The molecule has 0 fully saturated rings. The number of nitrogens with zero attached hydrogens (tertiary/aromatic N) is 2. The molecule has 2 aromatic heterocycles. The first-order valence-electron chi connectivity index (χ1n) is 10.2. The van der Waals surface area contributed by atoms with Crippen molar-refractivity contribution in [1.82, 2.24) is 9.30 Å². The van der Waals surface area contributed by atoms with E-state index in [1.165, 1.54) is 5.56 Å². The molecule has 1 unspecified atom stereocenters. The van der Waals surface area contributed by atoms with E-state index in [1.54, 1.807) is 0 Å². The highest BCUT2D eigenvalue weighted by Crippen LogP contribution is 2.38. The molecule has 0 bridgehead atoms. The second-order valence-electron chi connectivity index (χ2n) is 8.23. The van der Waals surface area contributed by atoms with E-state index in [1.807, 2.05) is 48.5 Å². The number of hydrogen-bond donors (Lipinski definition) is 1. The Morgan fingerprint density at radius 3 is 2.72 bits per heavy atom. The van der Waals surface area contributed by atoms with Gasteiger partial charge in [0.15, 0.2) is 0 Å². The number of aliphatic carboxylic acids is 1. The van der Waals surface area contributed by atoms with Gasteiger partial charge in [-0.2, -0.15) is 0 Å². The lowest BCUT2D eigenvalue weighted by Crippen LogP contribution is -2.45. The molecule has 2 aliphatic carbocycles. The lowest BCUT2D eigenvalue weighted by Gasteiger charge is -2.37. The van der Waals surface area contributed by atoms with Crippen molar-refractivity contribution in [3.63, 3.8) is 0 Å². The second kappa shape index (κ2) is 6.76. The molecular formula is C24H24N2O3. The predicted octanol–water partition coefficient (Wildman–Crippen LogP) is 3.22. The van der Waals surface area contributed by atoms with Crippen LogP contribution in [0.15, 0.2) is 48.7 Å². The van der Waals surface area contributed by atoms with Crippen LogP contribution >= 0.6 is 0 Å². The summed E-state index contributed by atoms with van der Waals surface area (Å²) in [5.74, 6) is -0.629. The predicted molar refractivity (Wildman–Crippen MR) is 110 cm³/mol. The van der Waals surface area contributed by atoms with Crippen molar-refractivity contribution in [1.29, 1.82) is 0 Å². The van der Waals surface area contributed by atoms with Crippen molar-refractivity contribution in [2.24, 2.45) is 0 Å². The molecule has 2 aliphatic rings. The van der Waals surface area contributed by atoms with E-state index in [-0.39, 0.29) is 24.3 Å². The van der Waals surface area contributed by atoms with Crippen molar-refractivity contribution in [2.45, 2.75) is 44.1 Å². The molecule has 2 heterocycles. The van der Waals surface area contributed by atoms with Gasteiger partial charge in [0.05, 0.1) is 12.3 Å². The normalized spacial score (nSPS) is 19.9. The van der Waals surface area contributed by atoms with Gasteiger partial charge >= 0.3 is 5.97 Å². The van der Waals surface area contributed by atoms with Gasteiger partial charge in [0.2, 0.25) is 5.91 Å². The molecule has 0 aliphatic heterocycles. The number of carboxylic acid groups (broad SMARTS) is 1. The summed E-state index contributed by atoms with van der Waals surface area (Å²) in [6.45, 7) is 0. The minimum Gasteiger partial charge on any atom is -0.481 e. The SMILES string of the molecule is CN(C(=O)C1Cc2ccccc21)[C@@H]1CCc2c(CC(=O)O)c3ccccn3c2C1. The first kappa shape index (κ1) is 18.0. The number of benzene rings is 1. The molecule has 0 spiro atoms. The number of fused-ring (bicyclic) bond motifs is 4. The number of carbonyl (C=O) groups excluding carboxylic acids is 1. The quantitative estimate of drug-likeness (QED) is 0.747. The van der Waals surface area contributed by atoms with Gasteiger partial charge < -0.3 is 14.4 Å². The third-order valence-electron chi connectivity index (χ3n) is 6.71. The molecule has 1 N–H and O–H groups in total. The molecule has 3 aromatic rings. The molecule has 148 valence electrons. The van der Waals surface area contributed by atoms with E-state index >= 15 is 0 Å². The molecular weight excluding hydrogens is 364 g/mol. The van der Waals surface area contributed by atoms with Gasteiger partial charge in [-0.1, -0.05) is 30.3 Å². The number of likely N-dealkylation sites (N-methyl/N-ethyl adjacent to an activating group) is 1. The molecule has 5 rings (SSSR count). The Balaban J connectivity index is 1.43. The zero-order valence-electron chi connectivity index (χ0n) is 16.5. The van der Waals surface area contributed by atoms with Gasteiger partial charge in [0, 0.05) is 36.9 Å². The van der Waals surface area contributed by atoms with Crippen LogP contribution in [0.25, 0.3) is 5.52 Å². The van der Waals surface area contributed by atoms with Crippen LogP contribution in [0.1, 0.15) is 40.3 Å². The summed E-state index contributed by atoms with van der Waals surface area (Å²) in [4.78, 5) is 26.5. The van der Waals surface area contributed by atoms with Crippen LogP contribution in [0.4, 0.5) is 0 Å². The van der Waals surface area contributed by atoms with Gasteiger partial charge in [-0.15, -0.1) is 0 Å². The fraction of sp³-hybridized carbons (Fsp3) is 0.333. The van der Waals surface area contributed by atoms with E-state index in [0.717, 1.165) is 53.6 Å². The second-order valence-corrected chi connectivity index (χ2v) is 8.23. The topological polar surface area (TPSA) is 62.0 Å². The van der Waals surface area contributed by atoms with Crippen LogP contribution in [0, 0.1) is 0 Å². The van der Waals surface area contributed by atoms with Gasteiger partial charge in [-0.05, 0) is 53.6 Å². The molecule has 1 amide bonds. The van der Waals surface area contributed by atoms with Crippen LogP contribution in [0.5, 0.6) is 0 Å². The summed E-state index contributed by atoms with van der Waals surface area (Å²) in [5.41, 5.74) is 6.65. The monoisotopic (exact) mass is 388 g/mol. The van der Waals surface area contributed by atoms with Crippen molar-refractivity contribution >= 4 is 17.4 Å². The maximum absolute atomic E-state index is 13.2. The summed E-state index contributed by atoms with van der Waals surface area (Å²) >= 11 is 0. The number of hydrogen-bond acceptors (Lipinski definition) is 2. The van der Waals surface area contributed by atoms with Gasteiger partial charge in [0.1, 0.15) is 0 Å². The van der Waals surface area contributed by atoms with E-state index in [0.29, 0.717) is 0 Å². The summed E-state index contributed by atoms with van der Waals surface area (Å²) < 4.78 is 2.12. The van der Waals surface area contributed by atoms with E-state index < -0.39 is 5.97 Å². The lowest BCUT2D eigenvalue weighted by atomic mass is 9.76. The number of rotatable bonds is 4. The van der Waals surface area contributed by atoms with Crippen LogP contribution in [0.3, 0.4) is 0 Å². The highest BCUT2D eigenvalue weighted by atomic mass is 16.4. The van der Waals surface area contributed by atoms with Crippen LogP contribution in [-0.2, 0) is 35.3 Å². The maximum atomic E-state index is 13.2. The minimum absolute atomic E-state index is 0.0239. The first-order chi connectivity index (χ1) is 14.0. The molecule has 2 atom stereocenters. The van der Waals surface area contributed by atoms with E-state index in [2.05, 4.69) is 16.5 Å². The minimum atomic E-state index is -0.803. The Hall–Kier alpha value is -3.08. The Morgan fingerprint density at radius 2 is 1.93 bits per heavy atom. The summed E-state index contributed by atoms with van der Waals surface area (Å²) in [6, 6.07) is 14.2. The van der Waals surface area contributed by atoms with Gasteiger partial charge in [-0.25, -0.2) is 0 Å². The summed E-state index contributed by atoms with van der Waals surface area (Å²) in [5, 5.41) is 9.37. The van der Waals surface area contributed by atoms with Crippen molar-refractivity contribution in [2.75, 3.05) is 7.05 Å². The van der Waals surface area contributed by atoms with Crippen LogP contribution < -0.4 is 0 Å². The molecule has 5 nitrogen and oxygen atoms in total. The first-order valence-corrected chi connectivity index (χ1v) is 10.2. The number of carbonyl (C=O) groups is 2. The highest BCUT2D eigenvalue weighted by molar-refractivity contribution is 5.87. The molecule has 0 saturated carbocycles. The van der Waals surface area contributed by atoms with Crippen molar-refractivity contribution in [3.8, 4) is 0 Å². The van der Waals surface area contributed by atoms with Gasteiger partial charge in [-0.3, -0.25) is 9.59 Å². The number of aromatic nitrogens is 1. The molecule has 5 heteroatoms. The maximum Gasteiger partial charge on any atom is 0.307 e. The summed E-state index contributed by atoms with van der Waals surface area (Å²) in [7, 11) is 1.92. The fourth-order valence-electron chi connectivity index (χ4n) is 5.14. The number of carboxylic acids is 1. The highest BCUT2D eigenvalue weighted by Gasteiger charge is 2.37. The molecule has 0 radical (unpaired) electrons. The zero-order chi connectivity index (χ0) is 20.1. The van der Waals surface area contributed by atoms with Crippen molar-refractivity contribution < 1.29 is 14.7 Å². The number of amides is 1. The van der Waals surface area contributed by atoms with Crippen LogP contribution in [0.2, 0.25) is 0 Å². The van der Waals surface area contributed by atoms with Crippen molar-refractivity contribution in [3.05, 3.63) is 76.6 Å². The van der Waals surface area contributed by atoms with E-state index in [9.17, 15) is 14.7 Å².